The van der Waals surface area contributed by atoms with E-state index >= 15 is 0 Å². The number of aliphatic carboxylic acids is 1. The molecule has 0 radical (unpaired) electrons. The van der Waals surface area contributed by atoms with Gasteiger partial charge in [0.15, 0.2) is 0 Å². The summed E-state index contributed by atoms with van der Waals surface area (Å²) >= 11 is 0. The Morgan fingerprint density at radius 2 is 2.08 bits per heavy atom. The topological polar surface area (TPSA) is 66.4 Å². The van der Waals surface area contributed by atoms with Crippen LogP contribution in [0.2, 0.25) is 0 Å². The van der Waals surface area contributed by atoms with E-state index in [0.717, 1.165) is 6.08 Å². The maximum absolute atomic E-state index is 10.7. The normalized spacial score (nSPS) is 10.6. The van der Waals surface area contributed by atoms with Gasteiger partial charge in [-0.05, 0) is 26.3 Å². The number of carboxylic acid groups (broad SMARTS) is 1. The number of carbonyl (C=O) groups is 2. The maximum Gasteiger partial charge on any atom is 0.309 e. The Kier molecular flexibility index (Phi) is 4.17. The summed E-state index contributed by atoms with van der Waals surface area (Å²) in [5.74, 6) is -1.14. The van der Waals surface area contributed by atoms with E-state index in [-0.39, 0.29) is 5.91 Å². The van der Waals surface area contributed by atoms with Crippen molar-refractivity contribution in [1.82, 2.24) is 5.32 Å². The molecule has 13 heavy (non-hydrogen) atoms. The van der Waals surface area contributed by atoms with E-state index in [0.29, 0.717) is 13.0 Å². The van der Waals surface area contributed by atoms with E-state index in [1.54, 1.807) is 13.8 Å². The zero-order chi connectivity index (χ0) is 10.5. The van der Waals surface area contributed by atoms with Crippen LogP contribution in [0.15, 0.2) is 12.7 Å². The van der Waals surface area contributed by atoms with Crippen molar-refractivity contribution in [3.8, 4) is 0 Å². The lowest BCUT2D eigenvalue weighted by atomic mass is 9.90. The van der Waals surface area contributed by atoms with E-state index in [1.165, 1.54) is 0 Å². The highest BCUT2D eigenvalue weighted by Gasteiger charge is 2.26. The summed E-state index contributed by atoms with van der Waals surface area (Å²) in [6, 6.07) is 0. The third-order valence-electron chi connectivity index (χ3n) is 1.81. The number of carboxylic acids is 1. The summed E-state index contributed by atoms with van der Waals surface area (Å²) in [5.41, 5.74) is -0.797. The van der Waals surface area contributed by atoms with Gasteiger partial charge in [-0.1, -0.05) is 6.58 Å². The molecule has 4 nitrogen and oxygen atoms in total. The van der Waals surface area contributed by atoms with Gasteiger partial charge < -0.3 is 10.4 Å². The molecule has 0 heterocycles. The molecule has 0 aromatic rings. The van der Waals surface area contributed by atoms with E-state index in [2.05, 4.69) is 11.9 Å². The second kappa shape index (κ2) is 4.64. The zero-order valence-corrected chi connectivity index (χ0v) is 7.96. The Morgan fingerprint density at radius 3 is 2.46 bits per heavy atom. The molecule has 0 aliphatic heterocycles. The van der Waals surface area contributed by atoms with Crippen LogP contribution in [0.1, 0.15) is 20.3 Å². The van der Waals surface area contributed by atoms with Gasteiger partial charge in [0.05, 0.1) is 5.41 Å². The molecule has 0 bridgehead atoms. The molecule has 0 rings (SSSR count). The fourth-order valence-corrected chi connectivity index (χ4v) is 0.677. The van der Waals surface area contributed by atoms with Crippen LogP contribution in [0.4, 0.5) is 0 Å². The Hall–Kier alpha value is -1.32. The molecule has 0 spiro atoms. The van der Waals surface area contributed by atoms with Gasteiger partial charge in [0, 0.05) is 6.54 Å². The molecule has 2 N–H and O–H groups in total. The minimum atomic E-state index is -0.861. The quantitative estimate of drug-likeness (QED) is 0.622. The molecule has 0 aromatic carbocycles. The van der Waals surface area contributed by atoms with Crippen LogP contribution in [0.3, 0.4) is 0 Å². The van der Waals surface area contributed by atoms with Crippen LogP contribution in [0.25, 0.3) is 0 Å². The van der Waals surface area contributed by atoms with Gasteiger partial charge in [0.2, 0.25) is 5.91 Å². The first-order chi connectivity index (χ1) is 5.90. The minimum absolute atomic E-state index is 0.277. The summed E-state index contributed by atoms with van der Waals surface area (Å²) in [7, 11) is 0. The van der Waals surface area contributed by atoms with Crippen molar-refractivity contribution in [3.63, 3.8) is 0 Å². The molecule has 0 aromatic heterocycles. The summed E-state index contributed by atoms with van der Waals surface area (Å²) in [4.78, 5) is 21.3. The number of hydrogen-bond acceptors (Lipinski definition) is 2. The molecule has 1 amide bonds. The number of nitrogens with one attached hydrogen (secondary N) is 1. The van der Waals surface area contributed by atoms with Crippen molar-refractivity contribution in [2.75, 3.05) is 6.54 Å². The third kappa shape index (κ3) is 4.30. The Labute approximate surface area is 77.6 Å². The van der Waals surface area contributed by atoms with Gasteiger partial charge in [-0.25, -0.2) is 0 Å². The SMILES string of the molecule is C=CC(=O)NCCC(C)(C)C(=O)O. The van der Waals surface area contributed by atoms with Gasteiger partial charge >= 0.3 is 5.97 Å². The third-order valence-corrected chi connectivity index (χ3v) is 1.81. The summed E-state index contributed by atoms with van der Waals surface area (Å²) in [6.07, 6.45) is 1.57. The van der Waals surface area contributed by atoms with Gasteiger partial charge in [0.1, 0.15) is 0 Å². The van der Waals surface area contributed by atoms with Gasteiger partial charge in [-0.3, -0.25) is 9.59 Å². The molecule has 0 unspecified atom stereocenters. The molecule has 0 aliphatic rings. The van der Waals surface area contributed by atoms with E-state index < -0.39 is 11.4 Å². The average Bonchev–Trinajstić information content (AvgIpc) is 2.03. The fraction of sp³-hybridized carbons (Fsp3) is 0.556. The molecular weight excluding hydrogens is 170 g/mol. The van der Waals surface area contributed by atoms with E-state index in [4.69, 9.17) is 5.11 Å². The minimum Gasteiger partial charge on any atom is -0.481 e. The number of hydrogen-bond donors (Lipinski definition) is 2. The molecule has 74 valence electrons. The lowest BCUT2D eigenvalue weighted by molar-refractivity contribution is -0.147. The largest absolute Gasteiger partial charge is 0.481 e. The molecule has 4 heteroatoms. The van der Waals surface area contributed by atoms with Gasteiger partial charge in [0.25, 0.3) is 0 Å². The smallest absolute Gasteiger partial charge is 0.309 e. The lowest BCUT2D eigenvalue weighted by Crippen LogP contribution is -2.31. The first kappa shape index (κ1) is 11.7. The van der Waals surface area contributed by atoms with Crippen molar-refractivity contribution in [3.05, 3.63) is 12.7 Å². The van der Waals surface area contributed by atoms with Crippen molar-refractivity contribution in [1.29, 1.82) is 0 Å². The van der Waals surface area contributed by atoms with Crippen LogP contribution in [0, 0.1) is 5.41 Å². The molecule has 0 saturated carbocycles. The van der Waals surface area contributed by atoms with Gasteiger partial charge in [-0.2, -0.15) is 0 Å². The molecular formula is C9H15NO3. The highest BCUT2D eigenvalue weighted by Crippen LogP contribution is 2.19. The number of carbonyl (C=O) groups excluding carboxylic acids is 1. The maximum atomic E-state index is 10.7. The lowest BCUT2D eigenvalue weighted by Gasteiger charge is -2.18. The zero-order valence-electron chi connectivity index (χ0n) is 7.96. The second-order valence-corrected chi connectivity index (χ2v) is 3.43. The predicted molar refractivity (Wildman–Crippen MR) is 49.2 cm³/mol. The molecule has 0 aliphatic carbocycles. The first-order valence-electron chi connectivity index (χ1n) is 4.04. The predicted octanol–water partition coefficient (Wildman–Crippen LogP) is 0.790. The monoisotopic (exact) mass is 185 g/mol. The number of rotatable bonds is 5. The van der Waals surface area contributed by atoms with Crippen LogP contribution >= 0.6 is 0 Å². The first-order valence-corrected chi connectivity index (χ1v) is 4.04. The second-order valence-electron chi connectivity index (χ2n) is 3.43. The fourth-order valence-electron chi connectivity index (χ4n) is 0.677. The van der Waals surface area contributed by atoms with Crippen LogP contribution in [-0.2, 0) is 9.59 Å². The standard InChI is InChI=1S/C9H15NO3/c1-4-7(11)10-6-5-9(2,3)8(12)13/h4H,1,5-6H2,2-3H3,(H,10,11)(H,12,13). The highest BCUT2D eigenvalue weighted by atomic mass is 16.4. The van der Waals surface area contributed by atoms with Crippen LogP contribution in [-0.4, -0.2) is 23.5 Å². The van der Waals surface area contributed by atoms with Crippen molar-refractivity contribution in [2.45, 2.75) is 20.3 Å². The molecule has 0 fully saturated rings. The number of amides is 1. The summed E-state index contributed by atoms with van der Waals surface area (Å²) in [6.45, 7) is 6.87. The Morgan fingerprint density at radius 1 is 1.54 bits per heavy atom. The van der Waals surface area contributed by atoms with E-state index in [9.17, 15) is 9.59 Å². The van der Waals surface area contributed by atoms with E-state index in [1.807, 2.05) is 0 Å². The van der Waals surface area contributed by atoms with Gasteiger partial charge in [-0.15, -0.1) is 0 Å². The Bertz CT molecular complexity index is 221. The highest BCUT2D eigenvalue weighted by molar-refractivity contribution is 5.86. The Balaban J connectivity index is 3.82. The average molecular weight is 185 g/mol. The van der Waals surface area contributed by atoms with Crippen LogP contribution in [0.5, 0.6) is 0 Å². The molecule has 0 atom stereocenters. The van der Waals surface area contributed by atoms with Crippen molar-refractivity contribution in [2.24, 2.45) is 5.41 Å². The summed E-state index contributed by atoms with van der Waals surface area (Å²) in [5, 5.41) is 11.3. The van der Waals surface area contributed by atoms with Crippen molar-refractivity contribution < 1.29 is 14.7 Å². The summed E-state index contributed by atoms with van der Waals surface area (Å²) < 4.78 is 0. The van der Waals surface area contributed by atoms with Crippen LogP contribution < -0.4 is 5.32 Å². The molecule has 0 saturated heterocycles. The van der Waals surface area contributed by atoms with Crippen molar-refractivity contribution >= 4 is 11.9 Å².